The van der Waals surface area contributed by atoms with E-state index in [1.807, 2.05) is 48.5 Å². The number of amides is 2. The van der Waals surface area contributed by atoms with Gasteiger partial charge in [-0.2, -0.15) is 13.2 Å². The first-order chi connectivity index (χ1) is 15.9. The van der Waals surface area contributed by atoms with Crippen molar-refractivity contribution in [2.75, 3.05) is 10.6 Å². The number of nitrogens with one attached hydrogen (secondary N) is 2. The number of aromatic nitrogens is 1. The van der Waals surface area contributed by atoms with Crippen LogP contribution in [0.4, 0.5) is 29.3 Å². The fraction of sp³-hybridized carbons (Fsp3) is 0.0400. The minimum absolute atomic E-state index is 0.0370. The maximum atomic E-state index is 13.0. The second-order valence-corrected chi connectivity index (χ2v) is 7.01. The zero-order chi connectivity index (χ0) is 23.3. The van der Waals surface area contributed by atoms with E-state index in [1.165, 1.54) is 24.4 Å². The average Bonchev–Trinajstić information content (AvgIpc) is 2.81. The Kier molecular flexibility index (Phi) is 6.26. The number of carbonyl (C=O) groups excluding carboxylic acids is 1. The molecule has 2 N–H and O–H groups in total. The second kappa shape index (κ2) is 9.44. The van der Waals surface area contributed by atoms with Crippen LogP contribution in [0.3, 0.4) is 0 Å². The van der Waals surface area contributed by atoms with Crippen LogP contribution in [0.25, 0.3) is 11.1 Å². The number of anilines is 2. The molecule has 0 aliphatic carbocycles. The molecule has 0 bridgehead atoms. The van der Waals surface area contributed by atoms with E-state index in [4.69, 9.17) is 4.74 Å². The highest BCUT2D eigenvalue weighted by atomic mass is 19.4. The highest BCUT2D eigenvalue weighted by molar-refractivity contribution is 6.00. The minimum atomic E-state index is -4.50. The van der Waals surface area contributed by atoms with Crippen molar-refractivity contribution in [3.05, 3.63) is 103 Å². The van der Waals surface area contributed by atoms with Crippen LogP contribution in [0.5, 0.6) is 11.6 Å². The van der Waals surface area contributed by atoms with E-state index >= 15 is 0 Å². The molecule has 4 rings (SSSR count). The molecule has 0 saturated heterocycles. The Hall–Kier alpha value is -4.33. The zero-order valence-electron chi connectivity index (χ0n) is 17.1. The SMILES string of the molecule is O=C(Nc1cccc(-c2ccccc2)c1)Nc1cccnc1Oc1cccc(C(F)(F)F)c1. The van der Waals surface area contributed by atoms with Crippen molar-refractivity contribution in [1.82, 2.24) is 4.98 Å². The minimum Gasteiger partial charge on any atom is -0.437 e. The Morgan fingerprint density at radius 1 is 0.788 bits per heavy atom. The molecular formula is C25H18F3N3O2. The Balaban J connectivity index is 1.48. The summed E-state index contributed by atoms with van der Waals surface area (Å²) in [4.78, 5) is 16.6. The van der Waals surface area contributed by atoms with E-state index < -0.39 is 17.8 Å². The van der Waals surface area contributed by atoms with Crippen molar-refractivity contribution in [2.45, 2.75) is 6.18 Å². The molecule has 5 nitrogen and oxygen atoms in total. The molecule has 166 valence electrons. The molecule has 0 spiro atoms. The smallest absolute Gasteiger partial charge is 0.416 e. The number of nitrogens with zero attached hydrogens (tertiary/aromatic N) is 1. The molecule has 2 amide bonds. The van der Waals surface area contributed by atoms with Crippen LogP contribution < -0.4 is 15.4 Å². The van der Waals surface area contributed by atoms with Gasteiger partial charge < -0.3 is 15.4 Å². The van der Waals surface area contributed by atoms with Crippen LogP contribution in [0.1, 0.15) is 5.56 Å². The predicted octanol–water partition coefficient (Wildman–Crippen LogP) is 7.20. The van der Waals surface area contributed by atoms with Crippen molar-refractivity contribution in [2.24, 2.45) is 0 Å². The van der Waals surface area contributed by atoms with Crippen LogP contribution in [0.2, 0.25) is 0 Å². The van der Waals surface area contributed by atoms with Gasteiger partial charge in [0.25, 0.3) is 0 Å². The molecule has 0 aliphatic rings. The summed E-state index contributed by atoms with van der Waals surface area (Å²) < 4.78 is 44.4. The van der Waals surface area contributed by atoms with E-state index in [-0.39, 0.29) is 17.3 Å². The number of carbonyl (C=O) groups is 1. The Morgan fingerprint density at radius 3 is 2.33 bits per heavy atom. The molecule has 33 heavy (non-hydrogen) atoms. The highest BCUT2D eigenvalue weighted by Gasteiger charge is 2.30. The normalized spacial score (nSPS) is 11.0. The first kappa shape index (κ1) is 21.9. The largest absolute Gasteiger partial charge is 0.437 e. The Labute approximate surface area is 187 Å². The highest BCUT2D eigenvalue weighted by Crippen LogP contribution is 2.34. The molecule has 0 fully saturated rings. The molecule has 8 heteroatoms. The summed E-state index contributed by atoms with van der Waals surface area (Å²) in [6, 6.07) is 24.0. The lowest BCUT2D eigenvalue weighted by Crippen LogP contribution is -2.20. The quantitative estimate of drug-likeness (QED) is 0.339. The Morgan fingerprint density at radius 2 is 1.55 bits per heavy atom. The number of urea groups is 1. The summed E-state index contributed by atoms with van der Waals surface area (Å²) in [5, 5.41) is 5.36. The predicted molar refractivity (Wildman–Crippen MR) is 120 cm³/mol. The summed E-state index contributed by atoms with van der Waals surface area (Å²) in [5.74, 6) is -0.0902. The van der Waals surface area contributed by atoms with Gasteiger partial charge in [0.1, 0.15) is 11.4 Å². The number of hydrogen-bond donors (Lipinski definition) is 2. The number of pyridine rings is 1. The van der Waals surface area contributed by atoms with Gasteiger partial charge in [0.05, 0.1) is 5.56 Å². The van der Waals surface area contributed by atoms with Crippen molar-refractivity contribution in [1.29, 1.82) is 0 Å². The number of halogens is 3. The fourth-order valence-electron chi connectivity index (χ4n) is 3.11. The van der Waals surface area contributed by atoms with Crippen molar-refractivity contribution in [3.8, 4) is 22.8 Å². The van der Waals surface area contributed by atoms with E-state index in [0.29, 0.717) is 5.69 Å². The molecule has 1 aromatic heterocycles. The third-order valence-electron chi connectivity index (χ3n) is 4.62. The van der Waals surface area contributed by atoms with Crippen molar-refractivity contribution >= 4 is 17.4 Å². The van der Waals surface area contributed by atoms with Gasteiger partial charge >= 0.3 is 12.2 Å². The van der Waals surface area contributed by atoms with Gasteiger partial charge in [-0.05, 0) is 53.6 Å². The topological polar surface area (TPSA) is 63.2 Å². The van der Waals surface area contributed by atoms with Crippen molar-refractivity contribution < 1.29 is 22.7 Å². The summed E-state index contributed by atoms with van der Waals surface area (Å²) in [7, 11) is 0. The molecule has 3 aromatic carbocycles. The van der Waals surface area contributed by atoms with Crippen LogP contribution in [-0.2, 0) is 6.18 Å². The lowest BCUT2D eigenvalue weighted by molar-refractivity contribution is -0.137. The third-order valence-corrected chi connectivity index (χ3v) is 4.62. The van der Waals surface area contributed by atoms with Crippen LogP contribution >= 0.6 is 0 Å². The maximum Gasteiger partial charge on any atom is 0.416 e. The third kappa shape index (κ3) is 5.68. The fourth-order valence-corrected chi connectivity index (χ4v) is 3.11. The second-order valence-electron chi connectivity index (χ2n) is 7.01. The van der Waals surface area contributed by atoms with Gasteiger partial charge in [-0.3, -0.25) is 0 Å². The van der Waals surface area contributed by atoms with Gasteiger partial charge in [-0.25, -0.2) is 9.78 Å². The molecule has 0 saturated carbocycles. The summed E-state index contributed by atoms with van der Waals surface area (Å²) in [5.41, 5.74) is 1.86. The van der Waals surface area contributed by atoms with Crippen LogP contribution in [-0.4, -0.2) is 11.0 Å². The monoisotopic (exact) mass is 449 g/mol. The standard InChI is InChI=1S/C25H18F3N3O2/c26-25(27,28)19-10-5-12-21(16-19)33-23-22(13-6-14-29-23)31-24(32)30-20-11-4-9-18(15-20)17-7-2-1-3-8-17/h1-16H,(H2,30,31,32). The van der Waals surface area contributed by atoms with E-state index in [1.54, 1.807) is 12.1 Å². The molecule has 0 radical (unpaired) electrons. The number of hydrogen-bond acceptors (Lipinski definition) is 3. The molecule has 0 unspecified atom stereocenters. The number of benzene rings is 3. The van der Waals surface area contributed by atoms with E-state index in [2.05, 4.69) is 15.6 Å². The first-order valence-corrected chi connectivity index (χ1v) is 9.92. The first-order valence-electron chi connectivity index (χ1n) is 9.92. The van der Waals surface area contributed by atoms with E-state index in [9.17, 15) is 18.0 Å². The number of rotatable bonds is 5. The van der Waals surface area contributed by atoms with Gasteiger partial charge in [0.2, 0.25) is 5.88 Å². The van der Waals surface area contributed by atoms with Gasteiger partial charge in [-0.15, -0.1) is 0 Å². The summed E-state index contributed by atoms with van der Waals surface area (Å²) in [6.45, 7) is 0. The number of ether oxygens (including phenoxy) is 1. The average molecular weight is 449 g/mol. The maximum absolute atomic E-state index is 13.0. The molecule has 4 aromatic rings. The van der Waals surface area contributed by atoms with Gasteiger partial charge in [0, 0.05) is 11.9 Å². The molecule has 0 aliphatic heterocycles. The summed E-state index contributed by atoms with van der Waals surface area (Å²) in [6.07, 6.45) is -3.09. The lowest BCUT2D eigenvalue weighted by Gasteiger charge is -2.13. The van der Waals surface area contributed by atoms with Gasteiger partial charge in [0.15, 0.2) is 0 Å². The number of alkyl halides is 3. The van der Waals surface area contributed by atoms with Crippen molar-refractivity contribution in [3.63, 3.8) is 0 Å². The summed E-state index contributed by atoms with van der Waals surface area (Å²) >= 11 is 0. The van der Waals surface area contributed by atoms with Gasteiger partial charge in [-0.1, -0.05) is 48.5 Å². The lowest BCUT2D eigenvalue weighted by atomic mass is 10.1. The molecule has 1 heterocycles. The molecule has 0 atom stereocenters. The van der Waals surface area contributed by atoms with Crippen LogP contribution in [0.15, 0.2) is 97.2 Å². The van der Waals surface area contributed by atoms with E-state index in [0.717, 1.165) is 23.3 Å². The van der Waals surface area contributed by atoms with Crippen LogP contribution in [0, 0.1) is 0 Å². The zero-order valence-corrected chi connectivity index (χ0v) is 17.1. The Bertz CT molecular complexity index is 1260. The molecular weight excluding hydrogens is 431 g/mol.